The maximum absolute atomic E-state index is 2.72. The van der Waals surface area contributed by atoms with Crippen molar-refractivity contribution in [3.05, 3.63) is 0 Å². The average Bonchev–Trinajstić information content (AvgIpc) is 3.57. The highest BCUT2D eigenvalue weighted by Crippen LogP contribution is 2.69. The van der Waals surface area contributed by atoms with Crippen molar-refractivity contribution in [2.45, 2.75) is 98.8 Å². The largest absolute Gasteiger partial charge is 1.00 e. The number of hydrogen-bond acceptors (Lipinski definition) is 0. The Morgan fingerprint density at radius 3 is 1.75 bits per heavy atom. The lowest BCUT2D eigenvalue weighted by molar-refractivity contribution is -0.878. The Morgan fingerprint density at radius 1 is 0.639 bits per heavy atom. The summed E-state index contributed by atoms with van der Waals surface area (Å²) >= 11 is 0. The molecule has 0 amide bonds. The zero-order chi connectivity index (χ0) is 24.9. The summed E-state index contributed by atoms with van der Waals surface area (Å²) in [5.41, 5.74) is 0.593. The number of hydrogen-bond donors (Lipinski definition) is 0. The van der Waals surface area contributed by atoms with Crippen molar-refractivity contribution in [2.24, 2.45) is 88.3 Å². The third-order valence-corrected chi connectivity index (χ3v) is 14.3. The molecular weight excluding hydrogens is 502 g/mol. The Kier molecular flexibility index (Phi) is 7.63. The second-order valence-corrected chi connectivity index (χ2v) is 17.1. The molecule has 15 atom stereocenters. The number of fused-ring (bicyclic) bond motifs is 6. The number of quaternary nitrogens is 1. The monoisotopic (exact) mass is 561 g/mol. The number of nitrogens with zero attached hydrogens (tertiary/aromatic N) is 1. The maximum atomic E-state index is 2.72. The standard InChI is InChI=1S/C34H60N.BrH/c1-20-21(2)29-15-26(20)13-24(29)11-9-10-12-25-14-27-16-30(25)23(4)32(27)33-22(3)28-17-31(33)34(5,18-28)19-35(6,7)8;/h20-33H,9-19H2,1-8H3;1H/q+1;/p-1. The molecule has 6 aliphatic rings. The molecule has 0 heterocycles. The van der Waals surface area contributed by atoms with Crippen molar-refractivity contribution < 1.29 is 21.5 Å². The highest BCUT2D eigenvalue weighted by atomic mass is 79.9. The van der Waals surface area contributed by atoms with Gasteiger partial charge in [0.25, 0.3) is 0 Å². The Labute approximate surface area is 235 Å². The van der Waals surface area contributed by atoms with Crippen LogP contribution in [0, 0.1) is 88.3 Å². The van der Waals surface area contributed by atoms with Crippen LogP contribution < -0.4 is 17.0 Å². The van der Waals surface area contributed by atoms with E-state index in [-0.39, 0.29) is 17.0 Å². The average molecular weight is 563 g/mol. The second-order valence-electron chi connectivity index (χ2n) is 17.1. The minimum absolute atomic E-state index is 0. The van der Waals surface area contributed by atoms with Crippen molar-refractivity contribution in [3.8, 4) is 0 Å². The van der Waals surface area contributed by atoms with E-state index in [1.807, 2.05) is 0 Å². The highest BCUT2D eigenvalue weighted by molar-refractivity contribution is 5.11. The molecule has 6 fully saturated rings. The Bertz CT molecular complexity index is 783. The van der Waals surface area contributed by atoms with Crippen LogP contribution in [-0.4, -0.2) is 32.2 Å². The highest BCUT2D eigenvalue weighted by Gasteiger charge is 2.64. The normalized spacial score (nSPS) is 55.0. The van der Waals surface area contributed by atoms with Gasteiger partial charge in [0.1, 0.15) is 0 Å². The summed E-state index contributed by atoms with van der Waals surface area (Å²) in [4.78, 5) is 0. The summed E-state index contributed by atoms with van der Waals surface area (Å²) < 4.78 is 1.15. The summed E-state index contributed by atoms with van der Waals surface area (Å²) in [7, 11) is 7.29. The topological polar surface area (TPSA) is 0 Å². The Morgan fingerprint density at radius 2 is 1.22 bits per heavy atom. The van der Waals surface area contributed by atoms with E-state index in [0.29, 0.717) is 5.41 Å². The van der Waals surface area contributed by atoms with Gasteiger partial charge in [-0.2, -0.15) is 0 Å². The van der Waals surface area contributed by atoms with Crippen LogP contribution in [0.5, 0.6) is 0 Å². The van der Waals surface area contributed by atoms with Crippen molar-refractivity contribution >= 4 is 0 Å². The molecule has 0 aromatic rings. The van der Waals surface area contributed by atoms with Crippen LogP contribution in [0.1, 0.15) is 98.8 Å². The quantitative estimate of drug-likeness (QED) is 0.275. The van der Waals surface area contributed by atoms with Gasteiger partial charge in [-0.3, -0.25) is 0 Å². The predicted octanol–water partition coefficient (Wildman–Crippen LogP) is 5.39. The zero-order valence-corrected chi connectivity index (χ0v) is 26.8. The fraction of sp³-hybridized carbons (Fsp3) is 1.00. The Balaban J connectivity index is 0.00000267. The third-order valence-electron chi connectivity index (χ3n) is 14.3. The molecule has 0 aromatic carbocycles. The van der Waals surface area contributed by atoms with Gasteiger partial charge >= 0.3 is 0 Å². The molecule has 15 unspecified atom stereocenters. The van der Waals surface area contributed by atoms with Crippen LogP contribution in [-0.2, 0) is 0 Å². The first-order valence-corrected chi connectivity index (χ1v) is 16.3. The van der Waals surface area contributed by atoms with E-state index in [9.17, 15) is 0 Å². The van der Waals surface area contributed by atoms with E-state index in [0.717, 1.165) is 87.3 Å². The summed E-state index contributed by atoms with van der Waals surface area (Å²) in [6.45, 7) is 14.6. The van der Waals surface area contributed by atoms with Gasteiger partial charge in [0.15, 0.2) is 0 Å². The van der Waals surface area contributed by atoms with Crippen LogP contribution in [0.15, 0.2) is 0 Å². The first-order valence-electron chi connectivity index (χ1n) is 16.3. The van der Waals surface area contributed by atoms with E-state index in [4.69, 9.17) is 0 Å². The number of unbranched alkanes of at least 4 members (excludes halogenated alkanes) is 1. The second kappa shape index (κ2) is 9.82. The molecule has 0 radical (unpaired) electrons. The van der Waals surface area contributed by atoms with E-state index in [1.165, 1.54) is 25.8 Å². The van der Waals surface area contributed by atoms with Gasteiger partial charge in [0.05, 0.1) is 27.7 Å². The molecule has 0 N–H and O–H groups in total. The van der Waals surface area contributed by atoms with E-state index in [2.05, 4.69) is 55.8 Å². The molecule has 0 aromatic heterocycles. The van der Waals surface area contributed by atoms with Crippen LogP contribution >= 0.6 is 0 Å². The van der Waals surface area contributed by atoms with Crippen LogP contribution in [0.3, 0.4) is 0 Å². The first kappa shape index (κ1) is 28.0. The maximum Gasteiger partial charge on any atom is 0.0837 e. The van der Waals surface area contributed by atoms with Gasteiger partial charge in [-0.1, -0.05) is 60.3 Å². The SMILES string of the molecule is CC1C2CC(CCCCC3CC4CC3C(C)C4C3C(C)C4CC3C(C)(C[N+](C)(C)C)C4)C(C2)C1C.[Br-]. The van der Waals surface area contributed by atoms with Crippen LogP contribution in [0.4, 0.5) is 0 Å². The lowest BCUT2D eigenvalue weighted by Gasteiger charge is -2.49. The van der Waals surface area contributed by atoms with Gasteiger partial charge in [-0.05, 0) is 121 Å². The van der Waals surface area contributed by atoms with Gasteiger partial charge in [-0.25, -0.2) is 0 Å². The molecule has 6 rings (SSSR count). The van der Waals surface area contributed by atoms with Gasteiger partial charge in [0.2, 0.25) is 0 Å². The van der Waals surface area contributed by atoms with Crippen molar-refractivity contribution in [1.29, 1.82) is 0 Å². The number of halogens is 1. The molecular formula is C34H60BrN. The zero-order valence-electron chi connectivity index (χ0n) is 25.2. The minimum atomic E-state index is 0. The summed E-state index contributed by atoms with van der Waals surface area (Å²) in [5.74, 6) is 14.7. The molecule has 1 nitrogen and oxygen atoms in total. The summed E-state index contributed by atoms with van der Waals surface area (Å²) in [5, 5.41) is 0. The first-order chi connectivity index (χ1) is 16.5. The van der Waals surface area contributed by atoms with E-state index in [1.54, 1.807) is 44.9 Å². The van der Waals surface area contributed by atoms with Crippen LogP contribution in [0.2, 0.25) is 0 Å². The fourth-order valence-electron chi connectivity index (χ4n) is 13.1. The molecule has 0 aliphatic heterocycles. The molecule has 6 bridgehead atoms. The van der Waals surface area contributed by atoms with Crippen molar-refractivity contribution in [3.63, 3.8) is 0 Å². The molecule has 6 saturated carbocycles. The molecule has 208 valence electrons. The van der Waals surface area contributed by atoms with Crippen LogP contribution in [0.25, 0.3) is 0 Å². The molecule has 2 heteroatoms. The minimum Gasteiger partial charge on any atom is -1.00 e. The third kappa shape index (κ3) is 4.51. The molecule has 36 heavy (non-hydrogen) atoms. The fourth-order valence-corrected chi connectivity index (χ4v) is 13.1. The van der Waals surface area contributed by atoms with Gasteiger partial charge < -0.3 is 21.5 Å². The lowest BCUT2D eigenvalue weighted by Crippen LogP contribution is -3.00. The molecule has 6 aliphatic carbocycles. The lowest BCUT2D eigenvalue weighted by atomic mass is 9.57. The van der Waals surface area contributed by atoms with Gasteiger partial charge in [0, 0.05) is 5.41 Å². The van der Waals surface area contributed by atoms with Crippen molar-refractivity contribution in [1.82, 2.24) is 0 Å². The summed E-state index contributed by atoms with van der Waals surface area (Å²) in [6.07, 6.45) is 15.6. The molecule has 0 saturated heterocycles. The van der Waals surface area contributed by atoms with Crippen molar-refractivity contribution in [2.75, 3.05) is 27.7 Å². The predicted molar refractivity (Wildman–Crippen MR) is 149 cm³/mol. The van der Waals surface area contributed by atoms with E-state index >= 15 is 0 Å². The molecule has 0 spiro atoms. The Hall–Kier alpha value is 0.440. The van der Waals surface area contributed by atoms with Gasteiger partial charge in [-0.15, -0.1) is 0 Å². The number of rotatable bonds is 8. The summed E-state index contributed by atoms with van der Waals surface area (Å²) in [6, 6.07) is 0. The van der Waals surface area contributed by atoms with E-state index < -0.39 is 0 Å². The smallest absolute Gasteiger partial charge is 0.0837 e.